The summed E-state index contributed by atoms with van der Waals surface area (Å²) in [6.07, 6.45) is 1.77. The number of hydrogen-bond acceptors (Lipinski definition) is 3. The predicted molar refractivity (Wildman–Crippen MR) is 66.4 cm³/mol. The molecule has 1 aliphatic heterocycles. The van der Waals surface area contributed by atoms with Crippen molar-refractivity contribution in [1.82, 2.24) is 10.2 Å². The molecule has 0 aliphatic carbocycles. The van der Waals surface area contributed by atoms with E-state index in [0.717, 1.165) is 6.42 Å². The van der Waals surface area contributed by atoms with Gasteiger partial charge < -0.3 is 20.1 Å². The van der Waals surface area contributed by atoms with Gasteiger partial charge in [-0.2, -0.15) is 0 Å². The Hall–Kier alpha value is -1.30. The van der Waals surface area contributed by atoms with E-state index in [1.165, 1.54) is 0 Å². The second-order valence-corrected chi connectivity index (χ2v) is 4.78. The highest BCUT2D eigenvalue weighted by Gasteiger charge is 2.40. The van der Waals surface area contributed by atoms with Crippen molar-refractivity contribution in [3.63, 3.8) is 0 Å². The molecule has 104 valence electrons. The minimum atomic E-state index is -0.874. The first-order valence-corrected chi connectivity index (χ1v) is 6.32. The van der Waals surface area contributed by atoms with Crippen molar-refractivity contribution >= 4 is 12.0 Å². The number of carboxylic acids is 1. The fourth-order valence-electron chi connectivity index (χ4n) is 2.05. The maximum Gasteiger partial charge on any atom is 0.317 e. The van der Waals surface area contributed by atoms with E-state index in [1.54, 1.807) is 11.9 Å². The highest BCUT2D eigenvalue weighted by molar-refractivity contribution is 5.78. The van der Waals surface area contributed by atoms with E-state index >= 15 is 0 Å². The molecule has 1 rings (SSSR count). The van der Waals surface area contributed by atoms with E-state index in [4.69, 9.17) is 4.74 Å². The number of urea groups is 1. The minimum Gasteiger partial charge on any atom is -0.481 e. The third kappa shape index (κ3) is 3.60. The number of nitrogens with zero attached hydrogens (tertiary/aromatic N) is 1. The van der Waals surface area contributed by atoms with Crippen molar-refractivity contribution < 1.29 is 19.4 Å². The molecule has 1 heterocycles. The van der Waals surface area contributed by atoms with Gasteiger partial charge in [-0.05, 0) is 19.3 Å². The monoisotopic (exact) mass is 258 g/mol. The Kier molecular flexibility index (Phi) is 5.40. The normalized spacial score (nSPS) is 18.1. The van der Waals surface area contributed by atoms with Gasteiger partial charge in [-0.1, -0.05) is 6.92 Å². The van der Waals surface area contributed by atoms with Crippen LogP contribution in [0.15, 0.2) is 0 Å². The first-order chi connectivity index (χ1) is 8.52. The van der Waals surface area contributed by atoms with Crippen LogP contribution in [0.1, 0.15) is 26.2 Å². The fraction of sp³-hybridized carbons (Fsp3) is 0.833. The molecular formula is C12H22N2O4. The van der Waals surface area contributed by atoms with Gasteiger partial charge >= 0.3 is 12.0 Å². The summed E-state index contributed by atoms with van der Waals surface area (Å²) in [6, 6.07) is -0.219. The second-order valence-electron chi connectivity index (χ2n) is 4.78. The number of nitrogens with one attached hydrogen (secondary N) is 1. The zero-order valence-corrected chi connectivity index (χ0v) is 11.1. The van der Waals surface area contributed by atoms with Crippen molar-refractivity contribution in [1.29, 1.82) is 0 Å². The molecule has 0 spiro atoms. The van der Waals surface area contributed by atoms with Crippen LogP contribution in [-0.2, 0) is 9.53 Å². The molecule has 0 atom stereocenters. The Morgan fingerprint density at radius 2 is 2.00 bits per heavy atom. The topological polar surface area (TPSA) is 78.9 Å². The molecule has 1 aliphatic rings. The molecule has 0 aromatic heterocycles. The number of rotatable bonds is 5. The number of ether oxygens (including phenoxy) is 1. The molecule has 0 saturated carbocycles. The summed E-state index contributed by atoms with van der Waals surface area (Å²) in [6.45, 7) is 3.69. The lowest BCUT2D eigenvalue weighted by molar-refractivity contribution is -0.154. The van der Waals surface area contributed by atoms with E-state index < -0.39 is 11.4 Å². The van der Waals surface area contributed by atoms with Crippen LogP contribution in [0.4, 0.5) is 4.79 Å². The molecule has 0 aromatic carbocycles. The lowest BCUT2D eigenvalue weighted by Gasteiger charge is -2.33. The van der Waals surface area contributed by atoms with Crippen molar-refractivity contribution in [2.75, 3.05) is 33.4 Å². The summed E-state index contributed by atoms with van der Waals surface area (Å²) in [5.41, 5.74) is -0.874. The van der Waals surface area contributed by atoms with Gasteiger partial charge in [-0.15, -0.1) is 0 Å². The number of aliphatic carboxylic acids is 1. The Morgan fingerprint density at radius 3 is 2.50 bits per heavy atom. The van der Waals surface area contributed by atoms with Crippen LogP contribution >= 0.6 is 0 Å². The molecule has 0 unspecified atom stereocenters. The summed E-state index contributed by atoms with van der Waals surface area (Å²) in [7, 11) is 1.70. The van der Waals surface area contributed by atoms with E-state index in [2.05, 4.69) is 5.32 Å². The average Bonchev–Trinajstić information content (AvgIpc) is 2.37. The molecule has 18 heavy (non-hydrogen) atoms. The number of carbonyl (C=O) groups excluding carboxylic acids is 1. The summed E-state index contributed by atoms with van der Waals surface area (Å²) in [4.78, 5) is 24.7. The number of amides is 2. The first kappa shape index (κ1) is 14.8. The number of carboxylic acid groups (broad SMARTS) is 1. The van der Waals surface area contributed by atoms with Crippen LogP contribution in [-0.4, -0.2) is 55.4 Å². The smallest absolute Gasteiger partial charge is 0.317 e. The van der Waals surface area contributed by atoms with E-state index in [9.17, 15) is 14.7 Å². The third-order valence-electron chi connectivity index (χ3n) is 3.39. The van der Waals surface area contributed by atoms with Gasteiger partial charge in [0.2, 0.25) is 0 Å². The molecule has 2 amide bonds. The molecule has 0 bridgehead atoms. The number of hydrogen-bond donors (Lipinski definition) is 2. The molecule has 2 N–H and O–H groups in total. The van der Waals surface area contributed by atoms with Gasteiger partial charge in [-0.3, -0.25) is 4.79 Å². The Morgan fingerprint density at radius 1 is 1.39 bits per heavy atom. The third-order valence-corrected chi connectivity index (χ3v) is 3.39. The zero-order chi connectivity index (χ0) is 13.6. The molecule has 1 saturated heterocycles. The molecule has 1 fully saturated rings. The van der Waals surface area contributed by atoms with Crippen LogP contribution in [0.25, 0.3) is 0 Å². The molecule has 0 aromatic rings. The van der Waals surface area contributed by atoms with E-state index in [1.807, 2.05) is 6.92 Å². The van der Waals surface area contributed by atoms with Crippen molar-refractivity contribution in [2.24, 2.45) is 5.41 Å². The van der Waals surface area contributed by atoms with Gasteiger partial charge in [0.15, 0.2) is 0 Å². The molecule has 6 heteroatoms. The lowest BCUT2D eigenvalue weighted by Crippen LogP contribution is -2.49. The highest BCUT2D eigenvalue weighted by atomic mass is 16.5. The largest absolute Gasteiger partial charge is 0.481 e. The fourth-order valence-corrected chi connectivity index (χ4v) is 2.05. The van der Waals surface area contributed by atoms with Crippen molar-refractivity contribution in [3.8, 4) is 0 Å². The maximum atomic E-state index is 11.7. The first-order valence-electron chi connectivity index (χ1n) is 6.32. The van der Waals surface area contributed by atoms with Crippen LogP contribution in [0, 0.1) is 5.41 Å². The standard InChI is InChI=1S/C12H22N2O4/c1-3-6-14(2)11(17)13-9-12(10(15)16)4-7-18-8-5-12/h3-9H2,1-2H3,(H,13,17)(H,15,16). The Labute approximate surface area is 107 Å². The summed E-state index contributed by atoms with van der Waals surface area (Å²) >= 11 is 0. The van der Waals surface area contributed by atoms with Crippen molar-refractivity contribution in [3.05, 3.63) is 0 Å². The predicted octanol–water partition coefficient (Wildman–Crippen LogP) is 0.919. The highest BCUT2D eigenvalue weighted by Crippen LogP contribution is 2.30. The van der Waals surface area contributed by atoms with Crippen LogP contribution < -0.4 is 5.32 Å². The zero-order valence-electron chi connectivity index (χ0n) is 11.1. The van der Waals surface area contributed by atoms with Crippen molar-refractivity contribution in [2.45, 2.75) is 26.2 Å². The van der Waals surface area contributed by atoms with Gasteiger partial charge in [0.1, 0.15) is 0 Å². The minimum absolute atomic E-state index is 0.165. The van der Waals surface area contributed by atoms with E-state index in [-0.39, 0.29) is 12.6 Å². The van der Waals surface area contributed by atoms with Gasteiger partial charge in [0, 0.05) is 33.4 Å². The quantitative estimate of drug-likeness (QED) is 0.768. The maximum absolute atomic E-state index is 11.7. The van der Waals surface area contributed by atoms with Gasteiger partial charge in [0.25, 0.3) is 0 Å². The van der Waals surface area contributed by atoms with E-state index in [0.29, 0.717) is 32.6 Å². The lowest BCUT2D eigenvalue weighted by atomic mass is 9.80. The summed E-state index contributed by atoms with van der Waals surface area (Å²) in [5, 5.41) is 12.0. The van der Waals surface area contributed by atoms with Gasteiger partial charge in [0.05, 0.1) is 5.41 Å². The summed E-state index contributed by atoms with van der Waals surface area (Å²) < 4.78 is 5.18. The molecular weight excluding hydrogens is 236 g/mol. The average molecular weight is 258 g/mol. The Balaban J connectivity index is 2.52. The Bertz CT molecular complexity index is 300. The summed E-state index contributed by atoms with van der Waals surface area (Å²) in [5.74, 6) is -0.857. The van der Waals surface area contributed by atoms with Gasteiger partial charge in [-0.25, -0.2) is 4.79 Å². The van der Waals surface area contributed by atoms with Crippen LogP contribution in [0.2, 0.25) is 0 Å². The molecule has 6 nitrogen and oxygen atoms in total. The van der Waals surface area contributed by atoms with Crippen LogP contribution in [0.5, 0.6) is 0 Å². The van der Waals surface area contributed by atoms with Crippen LogP contribution in [0.3, 0.4) is 0 Å². The SMILES string of the molecule is CCCN(C)C(=O)NCC1(C(=O)O)CCOCC1. The number of carbonyl (C=O) groups is 2. The molecule has 0 radical (unpaired) electrons. The second kappa shape index (κ2) is 6.58.